The lowest BCUT2D eigenvalue weighted by Crippen LogP contribution is -2.31. The minimum absolute atomic E-state index is 0.0841. The summed E-state index contributed by atoms with van der Waals surface area (Å²) in [5, 5.41) is 8.86. The lowest BCUT2D eigenvalue weighted by Gasteiger charge is -2.29. The van der Waals surface area contributed by atoms with Gasteiger partial charge in [0.15, 0.2) is 5.69 Å². The summed E-state index contributed by atoms with van der Waals surface area (Å²) in [5.74, 6) is -0.851. The molecule has 2 heterocycles. The Morgan fingerprint density at radius 3 is 2.70 bits per heavy atom. The zero-order chi connectivity index (χ0) is 16.4. The molecule has 0 aliphatic carbocycles. The average molecular weight is 313 g/mol. The van der Waals surface area contributed by atoms with Crippen LogP contribution in [-0.2, 0) is 17.7 Å². The Kier molecular flexibility index (Phi) is 3.92. The fourth-order valence-electron chi connectivity index (χ4n) is 2.59. The van der Waals surface area contributed by atoms with Gasteiger partial charge in [0.2, 0.25) is 0 Å². The third-order valence-electron chi connectivity index (χ3n) is 3.82. The van der Waals surface area contributed by atoms with E-state index in [0.717, 1.165) is 18.5 Å². The van der Waals surface area contributed by atoms with Gasteiger partial charge < -0.3 is 14.7 Å². The van der Waals surface area contributed by atoms with Crippen molar-refractivity contribution in [3.05, 3.63) is 53.0 Å². The molecule has 7 heteroatoms. The summed E-state index contributed by atoms with van der Waals surface area (Å²) < 4.78 is 4.74. The first kappa shape index (κ1) is 15.0. The Morgan fingerprint density at radius 1 is 1.22 bits per heavy atom. The van der Waals surface area contributed by atoms with Gasteiger partial charge in [0.05, 0.1) is 25.1 Å². The maximum atomic E-state index is 11.6. The molecule has 0 radical (unpaired) electrons. The van der Waals surface area contributed by atoms with Gasteiger partial charge in [0.1, 0.15) is 5.82 Å². The lowest BCUT2D eigenvalue weighted by atomic mass is 9.97. The van der Waals surface area contributed by atoms with Crippen LogP contribution in [0.2, 0.25) is 0 Å². The Hall–Kier alpha value is -2.96. The summed E-state index contributed by atoms with van der Waals surface area (Å²) in [6, 6.07) is 5.53. The molecule has 0 bridgehead atoms. The van der Waals surface area contributed by atoms with Crippen LogP contribution in [0, 0.1) is 0 Å². The molecular weight excluding hydrogens is 298 g/mol. The van der Waals surface area contributed by atoms with Crippen LogP contribution in [0.4, 0.5) is 5.82 Å². The molecule has 118 valence electrons. The van der Waals surface area contributed by atoms with Crippen LogP contribution < -0.4 is 4.90 Å². The van der Waals surface area contributed by atoms with Crippen molar-refractivity contribution in [3.8, 4) is 0 Å². The molecule has 0 saturated carbocycles. The summed E-state index contributed by atoms with van der Waals surface area (Å²) in [4.78, 5) is 32.5. The Morgan fingerprint density at radius 2 is 2.04 bits per heavy atom. The van der Waals surface area contributed by atoms with Gasteiger partial charge in [-0.25, -0.2) is 19.6 Å². The van der Waals surface area contributed by atoms with E-state index in [0.29, 0.717) is 17.9 Å². The number of hydrogen-bond donors (Lipinski definition) is 1. The van der Waals surface area contributed by atoms with Crippen LogP contribution in [0.15, 0.2) is 30.6 Å². The first-order chi connectivity index (χ1) is 11.1. The summed E-state index contributed by atoms with van der Waals surface area (Å²) in [7, 11) is 1.35. The zero-order valence-electron chi connectivity index (χ0n) is 12.5. The number of methoxy groups -OCH3 is 1. The number of aromatic nitrogens is 2. The Balaban J connectivity index is 1.83. The normalized spacial score (nSPS) is 13.3. The number of fused-ring (bicyclic) bond motifs is 1. The van der Waals surface area contributed by atoms with Crippen molar-refractivity contribution < 1.29 is 19.4 Å². The van der Waals surface area contributed by atoms with Crippen molar-refractivity contribution in [1.29, 1.82) is 0 Å². The van der Waals surface area contributed by atoms with Crippen LogP contribution in [0.5, 0.6) is 0 Å². The Bertz CT molecular complexity index is 758. The van der Waals surface area contributed by atoms with Gasteiger partial charge in [-0.05, 0) is 29.7 Å². The molecule has 1 aromatic heterocycles. The second-order valence-electron chi connectivity index (χ2n) is 5.21. The van der Waals surface area contributed by atoms with Crippen molar-refractivity contribution in [2.75, 3.05) is 18.6 Å². The number of nitrogens with zero attached hydrogens (tertiary/aromatic N) is 3. The van der Waals surface area contributed by atoms with Crippen molar-refractivity contribution in [2.45, 2.75) is 13.0 Å². The van der Waals surface area contributed by atoms with Crippen molar-refractivity contribution in [3.63, 3.8) is 0 Å². The van der Waals surface area contributed by atoms with E-state index in [-0.39, 0.29) is 11.7 Å². The van der Waals surface area contributed by atoms with E-state index in [1.165, 1.54) is 25.1 Å². The highest BCUT2D eigenvalue weighted by molar-refractivity contribution is 5.89. The second-order valence-corrected chi connectivity index (χ2v) is 5.21. The maximum absolute atomic E-state index is 11.6. The zero-order valence-corrected chi connectivity index (χ0v) is 12.5. The molecule has 0 amide bonds. The molecule has 2 aromatic rings. The van der Waals surface area contributed by atoms with Gasteiger partial charge in [-0.15, -0.1) is 0 Å². The fourth-order valence-corrected chi connectivity index (χ4v) is 2.59. The van der Waals surface area contributed by atoms with Gasteiger partial charge in [-0.3, -0.25) is 0 Å². The molecule has 1 N–H and O–H groups in total. The number of ether oxygens (including phenoxy) is 1. The third-order valence-corrected chi connectivity index (χ3v) is 3.82. The molecule has 0 unspecified atom stereocenters. The average Bonchev–Trinajstić information content (AvgIpc) is 2.60. The van der Waals surface area contributed by atoms with E-state index < -0.39 is 5.97 Å². The van der Waals surface area contributed by atoms with Crippen LogP contribution >= 0.6 is 0 Å². The van der Waals surface area contributed by atoms with E-state index in [9.17, 15) is 9.59 Å². The number of carbonyl (C=O) groups excluding carboxylic acids is 1. The molecule has 7 nitrogen and oxygen atoms in total. The summed E-state index contributed by atoms with van der Waals surface area (Å²) >= 11 is 0. The largest absolute Gasteiger partial charge is 0.476 e. The molecule has 0 atom stereocenters. The number of esters is 1. The highest BCUT2D eigenvalue weighted by Crippen LogP contribution is 2.24. The molecular formula is C16H15N3O4. The molecule has 3 rings (SSSR count). The first-order valence-electron chi connectivity index (χ1n) is 7.09. The van der Waals surface area contributed by atoms with Crippen LogP contribution in [-0.4, -0.2) is 40.7 Å². The predicted octanol–water partition coefficient (Wildman–Crippen LogP) is 1.52. The van der Waals surface area contributed by atoms with Crippen molar-refractivity contribution in [1.82, 2.24) is 9.97 Å². The van der Waals surface area contributed by atoms with E-state index in [2.05, 4.69) is 9.97 Å². The smallest absolute Gasteiger partial charge is 0.356 e. The topological polar surface area (TPSA) is 92.6 Å². The lowest BCUT2D eigenvalue weighted by molar-refractivity contribution is 0.0599. The number of carboxylic acid groups (broad SMARTS) is 1. The summed E-state index contributed by atoms with van der Waals surface area (Å²) in [5.41, 5.74) is 2.65. The van der Waals surface area contributed by atoms with Gasteiger partial charge in [0, 0.05) is 13.1 Å². The van der Waals surface area contributed by atoms with Crippen molar-refractivity contribution >= 4 is 17.8 Å². The van der Waals surface area contributed by atoms with Gasteiger partial charge in [-0.2, -0.15) is 0 Å². The number of benzene rings is 1. The van der Waals surface area contributed by atoms with Crippen LogP contribution in [0.25, 0.3) is 0 Å². The Labute approximate surface area is 132 Å². The fraction of sp³-hybridized carbons (Fsp3) is 0.250. The van der Waals surface area contributed by atoms with Crippen LogP contribution in [0.3, 0.4) is 0 Å². The van der Waals surface area contributed by atoms with Gasteiger partial charge in [0.25, 0.3) is 0 Å². The molecule has 1 aromatic carbocycles. The number of carboxylic acids is 1. The first-order valence-corrected chi connectivity index (χ1v) is 7.09. The minimum atomic E-state index is -1.10. The number of rotatable bonds is 3. The van der Waals surface area contributed by atoms with Gasteiger partial charge >= 0.3 is 11.9 Å². The van der Waals surface area contributed by atoms with E-state index in [4.69, 9.17) is 9.84 Å². The SMILES string of the molecule is COC(=O)c1ccc2c(c1)CN(c1cnc(C(=O)O)cn1)CC2. The molecule has 0 spiro atoms. The molecule has 23 heavy (non-hydrogen) atoms. The molecule has 0 fully saturated rings. The quantitative estimate of drug-likeness (QED) is 0.859. The molecule has 1 aliphatic rings. The molecule has 0 saturated heterocycles. The number of aromatic carboxylic acids is 1. The highest BCUT2D eigenvalue weighted by atomic mass is 16.5. The minimum Gasteiger partial charge on any atom is -0.476 e. The molecule has 1 aliphatic heterocycles. The maximum Gasteiger partial charge on any atom is 0.356 e. The van der Waals surface area contributed by atoms with Gasteiger partial charge in [-0.1, -0.05) is 6.07 Å². The third kappa shape index (κ3) is 2.98. The van der Waals surface area contributed by atoms with E-state index in [1.54, 1.807) is 6.07 Å². The summed E-state index contributed by atoms with van der Waals surface area (Å²) in [6.07, 6.45) is 3.52. The second kappa shape index (κ2) is 6.04. The standard InChI is InChI=1S/C16H15N3O4/c1-23-16(22)11-3-2-10-4-5-19(9-12(10)6-11)14-8-17-13(7-18-14)15(20)21/h2-3,6-8H,4-5,9H2,1H3,(H,20,21). The summed E-state index contributed by atoms with van der Waals surface area (Å²) in [6.45, 7) is 1.34. The van der Waals surface area contributed by atoms with Crippen LogP contribution in [0.1, 0.15) is 32.0 Å². The highest BCUT2D eigenvalue weighted by Gasteiger charge is 2.20. The number of carbonyl (C=O) groups is 2. The monoisotopic (exact) mass is 313 g/mol. The van der Waals surface area contributed by atoms with Crippen molar-refractivity contribution in [2.24, 2.45) is 0 Å². The van der Waals surface area contributed by atoms with E-state index in [1.807, 2.05) is 17.0 Å². The predicted molar refractivity (Wildman–Crippen MR) is 81.5 cm³/mol. The number of hydrogen-bond acceptors (Lipinski definition) is 6. The number of anilines is 1. The van der Waals surface area contributed by atoms with E-state index >= 15 is 0 Å².